The Labute approximate surface area is 176 Å². The zero-order chi connectivity index (χ0) is 21.1. The number of aromatic hydroxyl groups is 1. The molecule has 2 aromatic carbocycles. The highest BCUT2D eigenvalue weighted by Crippen LogP contribution is 2.42. The molecule has 2 aromatic rings. The average molecular weight is 461 g/mol. The Kier molecular flexibility index (Phi) is 6.12. The summed E-state index contributed by atoms with van der Waals surface area (Å²) >= 11 is 3.35. The summed E-state index contributed by atoms with van der Waals surface area (Å²) in [6.45, 7) is 3.50. The number of esters is 1. The van der Waals surface area contributed by atoms with Crippen molar-refractivity contribution in [3.05, 3.63) is 63.6 Å². The number of benzene rings is 2. The first-order valence-electron chi connectivity index (χ1n) is 8.97. The summed E-state index contributed by atoms with van der Waals surface area (Å²) in [5.74, 6) is -0.436. The Morgan fingerprint density at radius 3 is 2.48 bits per heavy atom. The molecule has 1 aliphatic heterocycles. The molecule has 0 saturated carbocycles. The second-order valence-electron chi connectivity index (χ2n) is 6.66. The van der Waals surface area contributed by atoms with E-state index in [0.29, 0.717) is 21.3 Å². The fourth-order valence-electron chi connectivity index (χ4n) is 3.08. The SMILES string of the molecule is COc1ccc(C2NC(=O)NC(c3ccccc3)=C2C(=O)OC(C)C)c(Br)c1O. The summed E-state index contributed by atoms with van der Waals surface area (Å²) in [7, 11) is 1.44. The first-order valence-corrected chi connectivity index (χ1v) is 9.76. The number of halogens is 1. The molecule has 8 heteroatoms. The largest absolute Gasteiger partial charge is 0.503 e. The van der Waals surface area contributed by atoms with Crippen molar-refractivity contribution in [1.29, 1.82) is 0 Å². The minimum absolute atomic E-state index is 0.129. The third-order valence-corrected chi connectivity index (χ3v) is 5.17. The van der Waals surface area contributed by atoms with Crippen LogP contribution in [0.2, 0.25) is 0 Å². The van der Waals surface area contributed by atoms with Crippen LogP contribution in [0.4, 0.5) is 4.79 Å². The van der Waals surface area contributed by atoms with Crippen molar-refractivity contribution in [2.75, 3.05) is 7.11 Å². The second kappa shape index (κ2) is 8.57. The van der Waals surface area contributed by atoms with Gasteiger partial charge in [0.25, 0.3) is 0 Å². The van der Waals surface area contributed by atoms with Crippen LogP contribution in [0.3, 0.4) is 0 Å². The van der Waals surface area contributed by atoms with E-state index in [1.165, 1.54) is 7.11 Å². The van der Waals surface area contributed by atoms with Gasteiger partial charge in [-0.3, -0.25) is 0 Å². The lowest BCUT2D eigenvalue weighted by atomic mass is 9.92. The van der Waals surface area contributed by atoms with E-state index in [9.17, 15) is 14.7 Å². The van der Waals surface area contributed by atoms with E-state index in [1.807, 2.05) is 18.2 Å². The standard InChI is InChI=1S/C21H21BrN2O5/c1-11(2)29-20(26)15-17(12-7-5-4-6-8-12)23-21(27)24-18(15)13-9-10-14(28-3)19(25)16(13)22/h4-11,18,25H,1-3H3,(H2,23,24,27). The zero-order valence-corrected chi connectivity index (χ0v) is 17.7. The number of carbonyl (C=O) groups excluding carboxylic acids is 2. The van der Waals surface area contributed by atoms with Gasteiger partial charge < -0.3 is 25.2 Å². The van der Waals surface area contributed by atoms with Gasteiger partial charge >= 0.3 is 12.0 Å². The van der Waals surface area contributed by atoms with Gasteiger partial charge in [0, 0.05) is 0 Å². The minimum atomic E-state index is -0.851. The lowest BCUT2D eigenvalue weighted by Crippen LogP contribution is -2.45. The lowest BCUT2D eigenvalue weighted by Gasteiger charge is -2.30. The number of phenolic OH excluding ortho intramolecular Hbond substituents is 1. The molecule has 1 aliphatic rings. The van der Waals surface area contributed by atoms with Gasteiger partial charge in [-0.15, -0.1) is 0 Å². The van der Waals surface area contributed by atoms with Crippen LogP contribution in [0.15, 0.2) is 52.5 Å². The van der Waals surface area contributed by atoms with E-state index in [4.69, 9.17) is 9.47 Å². The Morgan fingerprint density at radius 1 is 1.17 bits per heavy atom. The van der Waals surface area contributed by atoms with E-state index in [0.717, 1.165) is 0 Å². The van der Waals surface area contributed by atoms with E-state index in [-0.39, 0.29) is 23.2 Å². The van der Waals surface area contributed by atoms with Crippen LogP contribution in [-0.4, -0.2) is 30.3 Å². The predicted octanol–water partition coefficient (Wildman–Crippen LogP) is 3.88. The van der Waals surface area contributed by atoms with E-state index in [1.54, 1.807) is 38.1 Å². The fourth-order valence-corrected chi connectivity index (χ4v) is 3.63. The van der Waals surface area contributed by atoms with Crippen molar-refractivity contribution in [3.8, 4) is 11.5 Å². The Hall–Kier alpha value is -3.00. The van der Waals surface area contributed by atoms with Crippen molar-refractivity contribution in [3.63, 3.8) is 0 Å². The molecular formula is C21H21BrN2O5. The second-order valence-corrected chi connectivity index (χ2v) is 7.45. The van der Waals surface area contributed by atoms with Crippen LogP contribution in [0.25, 0.3) is 5.70 Å². The minimum Gasteiger partial charge on any atom is -0.503 e. The molecule has 3 N–H and O–H groups in total. The molecule has 0 aliphatic carbocycles. The summed E-state index contributed by atoms with van der Waals surface area (Å²) in [6, 6.07) is 11.0. The lowest BCUT2D eigenvalue weighted by molar-refractivity contribution is -0.143. The summed E-state index contributed by atoms with van der Waals surface area (Å²) < 4.78 is 10.9. The number of rotatable bonds is 5. The number of urea groups is 1. The molecule has 29 heavy (non-hydrogen) atoms. The predicted molar refractivity (Wildman–Crippen MR) is 111 cm³/mol. The molecule has 0 bridgehead atoms. The molecule has 1 unspecified atom stereocenters. The molecule has 0 saturated heterocycles. The summed E-state index contributed by atoms with van der Waals surface area (Å²) in [4.78, 5) is 25.5. The van der Waals surface area contributed by atoms with Crippen LogP contribution in [-0.2, 0) is 9.53 Å². The molecule has 3 rings (SSSR count). The third kappa shape index (κ3) is 4.22. The molecule has 152 valence electrons. The highest BCUT2D eigenvalue weighted by Gasteiger charge is 2.36. The first-order chi connectivity index (χ1) is 13.8. The summed E-state index contributed by atoms with van der Waals surface area (Å²) in [5, 5.41) is 15.9. The van der Waals surface area contributed by atoms with Gasteiger partial charge in [0.15, 0.2) is 11.5 Å². The van der Waals surface area contributed by atoms with Crippen LogP contribution in [0.1, 0.15) is 31.0 Å². The fraction of sp³-hybridized carbons (Fsp3) is 0.238. The van der Waals surface area contributed by atoms with Crippen molar-refractivity contribution < 1.29 is 24.2 Å². The molecule has 2 amide bonds. The highest BCUT2D eigenvalue weighted by atomic mass is 79.9. The average Bonchev–Trinajstić information content (AvgIpc) is 2.69. The van der Waals surface area contributed by atoms with Crippen LogP contribution < -0.4 is 15.4 Å². The Balaban J connectivity index is 2.22. The molecule has 0 spiro atoms. The van der Waals surface area contributed by atoms with Crippen molar-refractivity contribution >= 4 is 33.6 Å². The maximum Gasteiger partial charge on any atom is 0.338 e. The van der Waals surface area contributed by atoms with Gasteiger partial charge in [0.2, 0.25) is 0 Å². The van der Waals surface area contributed by atoms with Gasteiger partial charge in [-0.2, -0.15) is 0 Å². The van der Waals surface area contributed by atoms with Gasteiger partial charge in [0.1, 0.15) is 0 Å². The first kappa shape index (κ1) is 20.7. The number of nitrogens with one attached hydrogen (secondary N) is 2. The molecule has 0 radical (unpaired) electrons. The number of ether oxygens (including phenoxy) is 2. The normalized spacial score (nSPS) is 16.3. The van der Waals surface area contributed by atoms with E-state index >= 15 is 0 Å². The number of hydrogen-bond donors (Lipinski definition) is 3. The van der Waals surface area contributed by atoms with Gasteiger partial charge in [-0.05, 0) is 47.0 Å². The van der Waals surface area contributed by atoms with Gasteiger partial charge in [0.05, 0.1) is 35.0 Å². The monoisotopic (exact) mass is 460 g/mol. The van der Waals surface area contributed by atoms with Crippen molar-refractivity contribution in [1.82, 2.24) is 10.6 Å². The summed E-state index contributed by atoms with van der Waals surface area (Å²) in [5.41, 5.74) is 1.74. The molecule has 7 nitrogen and oxygen atoms in total. The molecular weight excluding hydrogens is 440 g/mol. The molecule has 1 atom stereocenters. The Morgan fingerprint density at radius 2 is 1.86 bits per heavy atom. The quantitative estimate of drug-likeness (QED) is 0.588. The van der Waals surface area contributed by atoms with Crippen molar-refractivity contribution in [2.45, 2.75) is 26.0 Å². The van der Waals surface area contributed by atoms with E-state index in [2.05, 4.69) is 26.6 Å². The molecule has 0 aromatic heterocycles. The molecule has 0 fully saturated rings. The number of carbonyl (C=O) groups is 2. The van der Waals surface area contributed by atoms with E-state index < -0.39 is 18.0 Å². The highest BCUT2D eigenvalue weighted by molar-refractivity contribution is 9.10. The smallest absolute Gasteiger partial charge is 0.338 e. The summed E-state index contributed by atoms with van der Waals surface area (Å²) in [6.07, 6.45) is -0.349. The number of hydrogen-bond acceptors (Lipinski definition) is 5. The molecule has 1 heterocycles. The third-order valence-electron chi connectivity index (χ3n) is 4.34. The van der Waals surface area contributed by atoms with Crippen LogP contribution in [0, 0.1) is 0 Å². The maximum atomic E-state index is 13.0. The zero-order valence-electron chi connectivity index (χ0n) is 16.2. The van der Waals surface area contributed by atoms with Crippen molar-refractivity contribution in [2.24, 2.45) is 0 Å². The number of phenols is 1. The van der Waals surface area contributed by atoms with Gasteiger partial charge in [-0.25, -0.2) is 9.59 Å². The topological polar surface area (TPSA) is 96.9 Å². The van der Waals surface area contributed by atoms with Gasteiger partial charge in [-0.1, -0.05) is 36.4 Å². The Bertz CT molecular complexity index is 973. The van der Waals surface area contributed by atoms with Crippen LogP contribution in [0.5, 0.6) is 11.5 Å². The number of methoxy groups -OCH3 is 1. The number of amides is 2. The van der Waals surface area contributed by atoms with Crippen LogP contribution >= 0.6 is 15.9 Å². The maximum absolute atomic E-state index is 13.0.